The molecule has 4 heteroatoms. The molecule has 22 heavy (non-hydrogen) atoms. The molecule has 4 nitrogen and oxygen atoms in total. The van der Waals surface area contributed by atoms with Gasteiger partial charge in [0.25, 0.3) is 0 Å². The molecule has 0 aliphatic carbocycles. The molecule has 0 fully saturated rings. The highest BCUT2D eigenvalue weighted by molar-refractivity contribution is 5.91. The number of carbonyl (C=O) groups is 1. The van der Waals surface area contributed by atoms with Crippen LogP contribution >= 0.6 is 0 Å². The molecule has 0 atom stereocenters. The van der Waals surface area contributed by atoms with Crippen molar-refractivity contribution in [3.05, 3.63) is 54.1 Å². The highest BCUT2D eigenvalue weighted by atomic mass is 16.5. The monoisotopic (exact) mass is 298 g/mol. The van der Waals surface area contributed by atoms with Crippen LogP contribution in [0.2, 0.25) is 0 Å². The van der Waals surface area contributed by atoms with E-state index < -0.39 is 0 Å². The molecule has 0 heterocycles. The van der Waals surface area contributed by atoms with Crippen molar-refractivity contribution >= 4 is 17.3 Å². The van der Waals surface area contributed by atoms with E-state index in [0.29, 0.717) is 30.3 Å². The highest BCUT2D eigenvalue weighted by Gasteiger charge is 2.04. The van der Waals surface area contributed by atoms with Gasteiger partial charge in [0.05, 0.1) is 13.0 Å². The molecule has 0 spiro atoms. The lowest BCUT2D eigenvalue weighted by Gasteiger charge is -2.09. The lowest BCUT2D eigenvalue weighted by Crippen LogP contribution is -2.15. The standard InChI is InChI=1S/C18H22N2O2/c1-13(2)14-6-8-17(9-7-14)22-11-10-18(21)20-16-5-3-4-15(19)12-16/h3-9,12-13H,10-11,19H2,1-2H3,(H,20,21). The number of hydrogen-bond donors (Lipinski definition) is 2. The number of nitrogen functional groups attached to an aromatic ring is 1. The third-order valence-corrected chi connectivity index (χ3v) is 3.32. The first-order valence-corrected chi connectivity index (χ1v) is 7.43. The van der Waals surface area contributed by atoms with E-state index in [1.165, 1.54) is 5.56 Å². The summed E-state index contributed by atoms with van der Waals surface area (Å²) >= 11 is 0. The van der Waals surface area contributed by atoms with Crippen LogP contribution in [0, 0.1) is 0 Å². The number of anilines is 2. The van der Waals surface area contributed by atoms with Crippen molar-refractivity contribution in [3.63, 3.8) is 0 Å². The van der Waals surface area contributed by atoms with E-state index in [2.05, 4.69) is 19.2 Å². The van der Waals surface area contributed by atoms with Gasteiger partial charge in [0.1, 0.15) is 5.75 Å². The molecule has 0 saturated heterocycles. The van der Waals surface area contributed by atoms with Gasteiger partial charge in [0.15, 0.2) is 0 Å². The molecule has 0 bridgehead atoms. The average molecular weight is 298 g/mol. The fourth-order valence-corrected chi connectivity index (χ4v) is 2.05. The summed E-state index contributed by atoms with van der Waals surface area (Å²) in [6.45, 7) is 4.64. The van der Waals surface area contributed by atoms with E-state index in [-0.39, 0.29) is 5.91 Å². The molecule has 0 aromatic heterocycles. The van der Waals surface area contributed by atoms with Crippen LogP contribution in [0.1, 0.15) is 31.7 Å². The summed E-state index contributed by atoms with van der Waals surface area (Å²) in [6, 6.07) is 15.1. The lowest BCUT2D eigenvalue weighted by molar-refractivity contribution is -0.116. The van der Waals surface area contributed by atoms with Crippen molar-refractivity contribution in [2.45, 2.75) is 26.2 Å². The molecule has 1 amide bonds. The first-order chi connectivity index (χ1) is 10.5. The van der Waals surface area contributed by atoms with Crippen molar-refractivity contribution in [2.75, 3.05) is 17.7 Å². The number of rotatable bonds is 6. The Labute approximate surface area is 131 Å². The number of nitrogens with two attached hydrogens (primary N) is 1. The summed E-state index contributed by atoms with van der Waals surface area (Å²) in [5.41, 5.74) is 8.26. The number of hydrogen-bond acceptors (Lipinski definition) is 3. The number of amides is 1. The van der Waals surface area contributed by atoms with Gasteiger partial charge in [-0.2, -0.15) is 0 Å². The predicted octanol–water partition coefficient (Wildman–Crippen LogP) is 3.80. The van der Waals surface area contributed by atoms with Crippen molar-refractivity contribution < 1.29 is 9.53 Å². The molecule has 2 rings (SSSR count). The Morgan fingerprint density at radius 3 is 2.55 bits per heavy atom. The Morgan fingerprint density at radius 2 is 1.91 bits per heavy atom. The number of ether oxygens (including phenoxy) is 1. The van der Waals surface area contributed by atoms with E-state index in [0.717, 1.165) is 5.75 Å². The van der Waals surface area contributed by atoms with Crippen LogP contribution < -0.4 is 15.8 Å². The van der Waals surface area contributed by atoms with E-state index in [4.69, 9.17) is 10.5 Å². The molecular weight excluding hydrogens is 276 g/mol. The molecule has 2 aromatic rings. The Kier molecular flexibility index (Phi) is 5.42. The topological polar surface area (TPSA) is 64.3 Å². The summed E-state index contributed by atoms with van der Waals surface area (Å²) in [7, 11) is 0. The molecule has 0 aliphatic rings. The van der Waals surface area contributed by atoms with Crippen LogP contribution in [0.15, 0.2) is 48.5 Å². The van der Waals surface area contributed by atoms with Gasteiger partial charge in [0.2, 0.25) is 5.91 Å². The zero-order valence-corrected chi connectivity index (χ0v) is 13.0. The number of benzene rings is 2. The van der Waals surface area contributed by atoms with Crippen molar-refractivity contribution in [2.24, 2.45) is 0 Å². The summed E-state index contributed by atoms with van der Waals surface area (Å²) in [5.74, 6) is 1.18. The summed E-state index contributed by atoms with van der Waals surface area (Å²) < 4.78 is 5.59. The van der Waals surface area contributed by atoms with Gasteiger partial charge in [-0.25, -0.2) is 0 Å². The smallest absolute Gasteiger partial charge is 0.227 e. The quantitative estimate of drug-likeness (QED) is 0.797. The molecule has 0 saturated carbocycles. The molecule has 0 unspecified atom stereocenters. The molecule has 0 aliphatic heterocycles. The van der Waals surface area contributed by atoms with Gasteiger partial charge in [0, 0.05) is 11.4 Å². The van der Waals surface area contributed by atoms with Crippen molar-refractivity contribution in [3.8, 4) is 5.75 Å². The first-order valence-electron chi connectivity index (χ1n) is 7.43. The van der Waals surface area contributed by atoms with Gasteiger partial charge in [-0.15, -0.1) is 0 Å². The molecule has 2 aromatic carbocycles. The third kappa shape index (κ3) is 4.81. The summed E-state index contributed by atoms with van der Waals surface area (Å²) in [5, 5.41) is 2.79. The minimum atomic E-state index is -0.0931. The van der Waals surface area contributed by atoms with Gasteiger partial charge in [-0.3, -0.25) is 4.79 Å². The van der Waals surface area contributed by atoms with Crippen LogP contribution in [-0.2, 0) is 4.79 Å². The SMILES string of the molecule is CC(C)c1ccc(OCCC(=O)Nc2cccc(N)c2)cc1. The Morgan fingerprint density at radius 1 is 1.18 bits per heavy atom. The molecular formula is C18H22N2O2. The summed E-state index contributed by atoms with van der Waals surface area (Å²) in [4.78, 5) is 11.8. The summed E-state index contributed by atoms with van der Waals surface area (Å²) in [6.07, 6.45) is 0.292. The van der Waals surface area contributed by atoms with E-state index in [1.54, 1.807) is 24.3 Å². The van der Waals surface area contributed by atoms with Gasteiger partial charge >= 0.3 is 0 Å². The van der Waals surface area contributed by atoms with Crippen LogP contribution in [0.25, 0.3) is 0 Å². The van der Waals surface area contributed by atoms with Crippen molar-refractivity contribution in [1.82, 2.24) is 0 Å². The number of carbonyl (C=O) groups excluding carboxylic acids is 1. The Hall–Kier alpha value is -2.49. The van der Waals surface area contributed by atoms with Gasteiger partial charge < -0.3 is 15.8 Å². The second-order valence-electron chi connectivity index (χ2n) is 5.50. The van der Waals surface area contributed by atoms with Crippen molar-refractivity contribution in [1.29, 1.82) is 0 Å². The maximum atomic E-state index is 11.8. The third-order valence-electron chi connectivity index (χ3n) is 3.32. The fraction of sp³-hybridized carbons (Fsp3) is 0.278. The second-order valence-corrected chi connectivity index (χ2v) is 5.50. The normalized spacial score (nSPS) is 10.5. The average Bonchev–Trinajstić information content (AvgIpc) is 2.47. The largest absolute Gasteiger partial charge is 0.493 e. The maximum absolute atomic E-state index is 11.8. The van der Waals surface area contributed by atoms with Gasteiger partial charge in [-0.1, -0.05) is 32.0 Å². The van der Waals surface area contributed by atoms with Gasteiger partial charge in [-0.05, 0) is 41.8 Å². The Bertz CT molecular complexity index is 621. The maximum Gasteiger partial charge on any atom is 0.227 e. The minimum absolute atomic E-state index is 0.0931. The lowest BCUT2D eigenvalue weighted by atomic mass is 10.0. The van der Waals surface area contributed by atoms with Crippen LogP contribution in [0.5, 0.6) is 5.75 Å². The Balaban J connectivity index is 1.77. The van der Waals surface area contributed by atoms with Crippen LogP contribution in [0.3, 0.4) is 0 Å². The van der Waals surface area contributed by atoms with E-state index in [9.17, 15) is 4.79 Å². The van der Waals surface area contributed by atoms with E-state index >= 15 is 0 Å². The molecule has 0 radical (unpaired) electrons. The van der Waals surface area contributed by atoms with Crippen LogP contribution in [-0.4, -0.2) is 12.5 Å². The predicted molar refractivity (Wildman–Crippen MR) is 90.1 cm³/mol. The fourth-order valence-electron chi connectivity index (χ4n) is 2.05. The number of nitrogens with one attached hydrogen (secondary N) is 1. The highest BCUT2D eigenvalue weighted by Crippen LogP contribution is 2.18. The molecule has 3 N–H and O–H groups in total. The van der Waals surface area contributed by atoms with E-state index in [1.807, 2.05) is 24.3 Å². The van der Waals surface area contributed by atoms with Crippen LogP contribution in [0.4, 0.5) is 11.4 Å². The second kappa shape index (κ2) is 7.50. The zero-order chi connectivity index (χ0) is 15.9. The molecule has 116 valence electrons. The zero-order valence-electron chi connectivity index (χ0n) is 13.0. The minimum Gasteiger partial charge on any atom is -0.493 e. The first kappa shape index (κ1) is 15.9.